The zero-order valence-electron chi connectivity index (χ0n) is 11.5. The van der Waals surface area contributed by atoms with Gasteiger partial charge in [-0.2, -0.15) is 5.10 Å². The number of esters is 1. The molecular formula is C13H13F3N2O3. The summed E-state index contributed by atoms with van der Waals surface area (Å²) < 4.78 is 45.9. The van der Waals surface area contributed by atoms with Gasteiger partial charge in [0.15, 0.2) is 11.4 Å². The van der Waals surface area contributed by atoms with E-state index in [1.807, 2.05) is 0 Å². The van der Waals surface area contributed by atoms with Gasteiger partial charge in [-0.15, -0.1) is 13.2 Å². The highest BCUT2D eigenvalue weighted by Gasteiger charge is 2.33. The third kappa shape index (κ3) is 3.65. The van der Waals surface area contributed by atoms with Crippen molar-refractivity contribution in [2.45, 2.75) is 32.7 Å². The Labute approximate surface area is 118 Å². The van der Waals surface area contributed by atoms with E-state index in [-0.39, 0.29) is 16.6 Å². The first-order chi connectivity index (χ1) is 9.57. The quantitative estimate of drug-likeness (QED) is 0.863. The van der Waals surface area contributed by atoms with Gasteiger partial charge in [-0.1, -0.05) is 12.1 Å². The van der Waals surface area contributed by atoms with Crippen LogP contribution in [-0.2, 0) is 4.74 Å². The third-order valence-electron chi connectivity index (χ3n) is 2.38. The van der Waals surface area contributed by atoms with Gasteiger partial charge in [0.2, 0.25) is 0 Å². The fraction of sp³-hybridized carbons (Fsp3) is 0.385. The predicted molar refractivity (Wildman–Crippen MR) is 67.9 cm³/mol. The molecule has 0 spiro atoms. The van der Waals surface area contributed by atoms with E-state index in [1.165, 1.54) is 12.1 Å². The van der Waals surface area contributed by atoms with Crippen molar-refractivity contribution in [1.82, 2.24) is 10.2 Å². The van der Waals surface area contributed by atoms with Crippen molar-refractivity contribution < 1.29 is 27.4 Å². The van der Waals surface area contributed by atoms with E-state index >= 15 is 0 Å². The van der Waals surface area contributed by atoms with Crippen molar-refractivity contribution in [1.29, 1.82) is 0 Å². The van der Waals surface area contributed by atoms with Crippen LogP contribution in [0.25, 0.3) is 10.9 Å². The minimum Gasteiger partial charge on any atom is -0.455 e. The predicted octanol–water partition coefficient (Wildman–Crippen LogP) is 3.42. The number of aromatic amines is 1. The van der Waals surface area contributed by atoms with Crippen molar-refractivity contribution in [3.63, 3.8) is 0 Å². The second-order valence-corrected chi connectivity index (χ2v) is 5.30. The average Bonchev–Trinajstić information content (AvgIpc) is 2.69. The summed E-state index contributed by atoms with van der Waals surface area (Å²) in [6, 6.07) is 3.92. The number of benzene rings is 1. The van der Waals surface area contributed by atoms with Crippen LogP contribution >= 0.6 is 0 Å². The van der Waals surface area contributed by atoms with Crippen LogP contribution in [0.2, 0.25) is 0 Å². The molecule has 0 amide bonds. The maximum absolute atomic E-state index is 12.3. The van der Waals surface area contributed by atoms with E-state index in [2.05, 4.69) is 14.9 Å². The smallest absolute Gasteiger partial charge is 0.455 e. The summed E-state index contributed by atoms with van der Waals surface area (Å²) in [7, 11) is 0. The normalized spacial score (nSPS) is 12.5. The van der Waals surface area contributed by atoms with Gasteiger partial charge in [-0.25, -0.2) is 4.79 Å². The number of para-hydroxylation sites is 1. The van der Waals surface area contributed by atoms with Crippen LogP contribution in [-0.4, -0.2) is 28.1 Å². The molecule has 5 nitrogen and oxygen atoms in total. The third-order valence-corrected chi connectivity index (χ3v) is 2.38. The summed E-state index contributed by atoms with van der Waals surface area (Å²) >= 11 is 0. The molecule has 1 heterocycles. The lowest BCUT2D eigenvalue weighted by atomic mass is 10.1. The molecule has 0 aliphatic carbocycles. The Hall–Kier alpha value is -2.25. The fourth-order valence-corrected chi connectivity index (χ4v) is 1.70. The Kier molecular flexibility index (Phi) is 3.56. The summed E-state index contributed by atoms with van der Waals surface area (Å²) in [5.74, 6) is -1.18. The highest BCUT2D eigenvalue weighted by atomic mass is 19.4. The highest BCUT2D eigenvalue weighted by Crippen LogP contribution is 2.31. The lowest BCUT2D eigenvalue weighted by Crippen LogP contribution is -2.24. The Morgan fingerprint density at radius 1 is 1.24 bits per heavy atom. The van der Waals surface area contributed by atoms with Crippen LogP contribution in [0.4, 0.5) is 13.2 Å². The Bertz CT molecular complexity index is 671. The largest absolute Gasteiger partial charge is 0.573 e. The molecule has 2 aromatic rings. The summed E-state index contributed by atoms with van der Waals surface area (Å²) in [4.78, 5) is 12.0. The van der Waals surface area contributed by atoms with Gasteiger partial charge in [-0.3, -0.25) is 5.10 Å². The number of carbonyl (C=O) groups is 1. The molecule has 1 N–H and O–H groups in total. The lowest BCUT2D eigenvalue weighted by molar-refractivity contribution is -0.274. The number of rotatable bonds is 2. The van der Waals surface area contributed by atoms with Gasteiger partial charge in [0.1, 0.15) is 11.1 Å². The molecule has 0 saturated heterocycles. The minimum absolute atomic E-state index is 0.0208. The molecule has 0 aliphatic heterocycles. The molecule has 21 heavy (non-hydrogen) atoms. The number of hydrogen-bond acceptors (Lipinski definition) is 4. The number of alkyl halides is 3. The van der Waals surface area contributed by atoms with Crippen molar-refractivity contribution in [3.8, 4) is 5.75 Å². The van der Waals surface area contributed by atoms with Gasteiger partial charge in [-0.05, 0) is 26.8 Å². The number of ether oxygens (including phenoxy) is 2. The lowest BCUT2D eigenvalue weighted by Gasteiger charge is -2.18. The number of hydrogen-bond donors (Lipinski definition) is 1. The zero-order valence-corrected chi connectivity index (χ0v) is 11.5. The van der Waals surface area contributed by atoms with E-state index in [0.29, 0.717) is 0 Å². The zero-order chi connectivity index (χ0) is 15.8. The number of nitrogens with zero attached hydrogens (tertiary/aromatic N) is 1. The molecule has 0 atom stereocenters. The van der Waals surface area contributed by atoms with E-state index in [1.54, 1.807) is 20.8 Å². The van der Waals surface area contributed by atoms with E-state index < -0.39 is 23.7 Å². The van der Waals surface area contributed by atoms with E-state index in [9.17, 15) is 18.0 Å². The Balaban J connectivity index is 2.41. The number of nitrogens with one attached hydrogen (secondary N) is 1. The maximum Gasteiger partial charge on any atom is 0.573 e. The van der Waals surface area contributed by atoms with Gasteiger partial charge in [0.05, 0.1) is 0 Å². The molecule has 2 rings (SSSR count). The van der Waals surface area contributed by atoms with Gasteiger partial charge in [0, 0.05) is 5.39 Å². The first-order valence-electron chi connectivity index (χ1n) is 6.03. The molecule has 0 aliphatic rings. The molecule has 114 valence electrons. The van der Waals surface area contributed by atoms with Gasteiger partial charge < -0.3 is 9.47 Å². The highest BCUT2D eigenvalue weighted by molar-refractivity contribution is 6.03. The Morgan fingerprint density at radius 3 is 2.48 bits per heavy atom. The van der Waals surface area contributed by atoms with Crippen LogP contribution in [0.1, 0.15) is 31.3 Å². The maximum atomic E-state index is 12.3. The second-order valence-electron chi connectivity index (χ2n) is 5.30. The molecule has 8 heteroatoms. The van der Waals surface area contributed by atoms with Crippen molar-refractivity contribution >= 4 is 16.9 Å². The second kappa shape index (κ2) is 4.94. The average molecular weight is 302 g/mol. The standard InChI is InChI=1S/C13H13F3N2O3/c1-12(2,3)21-11(19)10-7-5-4-6-8(9(7)17-18-10)20-13(14,15)16/h4-6H,1-3H3,(H,17,18). The minimum atomic E-state index is -4.83. The van der Waals surface area contributed by atoms with Crippen molar-refractivity contribution in [2.75, 3.05) is 0 Å². The number of fused-ring (bicyclic) bond motifs is 1. The van der Waals surface area contributed by atoms with Crippen molar-refractivity contribution in [3.05, 3.63) is 23.9 Å². The van der Waals surface area contributed by atoms with Gasteiger partial charge in [0.25, 0.3) is 0 Å². The Morgan fingerprint density at radius 2 is 1.90 bits per heavy atom. The summed E-state index contributed by atoms with van der Waals surface area (Å²) in [5.41, 5.74) is -0.836. The van der Waals surface area contributed by atoms with E-state index in [0.717, 1.165) is 6.07 Å². The first kappa shape index (κ1) is 15.1. The molecular weight excluding hydrogens is 289 g/mol. The molecule has 0 radical (unpaired) electrons. The van der Waals surface area contributed by atoms with Crippen LogP contribution in [0.15, 0.2) is 18.2 Å². The molecule has 0 unspecified atom stereocenters. The molecule has 0 fully saturated rings. The number of H-pyrrole nitrogens is 1. The van der Waals surface area contributed by atoms with Gasteiger partial charge >= 0.3 is 12.3 Å². The monoisotopic (exact) mass is 302 g/mol. The SMILES string of the molecule is CC(C)(C)OC(=O)c1[nH]nc2c(OC(F)(F)F)cccc12. The summed E-state index contributed by atoms with van der Waals surface area (Å²) in [6.45, 7) is 5.05. The fourth-order valence-electron chi connectivity index (χ4n) is 1.70. The summed E-state index contributed by atoms with van der Waals surface area (Å²) in [6.07, 6.45) is -4.83. The molecule has 1 aromatic carbocycles. The summed E-state index contributed by atoms with van der Waals surface area (Å²) in [5, 5.41) is 6.29. The van der Waals surface area contributed by atoms with Crippen LogP contribution in [0, 0.1) is 0 Å². The molecule has 0 bridgehead atoms. The van der Waals surface area contributed by atoms with Crippen LogP contribution < -0.4 is 4.74 Å². The topological polar surface area (TPSA) is 64.2 Å². The van der Waals surface area contributed by atoms with Crippen LogP contribution in [0.5, 0.6) is 5.75 Å². The number of carbonyl (C=O) groups excluding carboxylic acids is 1. The first-order valence-corrected chi connectivity index (χ1v) is 6.03. The van der Waals surface area contributed by atoms with Crippen molar-refractivity contribution in [2.24, 2.45) is 0 Å². The number of aromatic nitrogens is 2. The van der Waals surface area contributed by atoms with E-state index in [4.69, 9.17) is 4.74 Å². The molecule has 0 saturated carbocycles. The van der Waals surface area contributed by atoms with Crippen LogP contribution in [0.3, 0.4) is 0 Å². The molecule has 1 aromatic heterocycles. The number of halogens is 3.